The van der Waals surface area contributed by atoms with Crippen molar-refractivity contribution in [2.75, 3.05) is 32.1 Å². The number of nitrogens with one attached hydrogen (secondary N) is 1. The van der Waals surface area contributed by atoms with E-state index in [1.165, 1.54) is 38.6 Å². The fourth-order valence-corrected chi connectivity index (χ4v) is 4.40. The Morgan fingerprint density at radius 1 is 1.10 bits per heavy atom. The summed E-state index contributed by atoms with van der Waals surface area (Å²) in [7, 11) is 1.59. The third-order valence-corrected chi connectivity index (χ3v) is 5.89. The van der Waals surface area contributed by atoms with Crippen molar-refractivity contribution in [3.63, 3.8) is 0 Å². The number of carbonyl (C=O) groups excluding carboxylic acids is 1. The molecule has 1 amide bonds. The molecule has 3 rings (SSSR count). The molecule has 0 aromatic heterocycles. The van der Waals surface area contributed by atoms with Crippen LogP contribution in [0, 0.1) is 5.92 Å². The third kappa shape index (κ3) is 7.08. The molecule has 1 saturated carbocycles. The first-order chi connectivity index (χ1) is 14.3. The van der Waals surface area contributed by atoms with Crippen molar-refractivity contribution in [2.45, 2.75) is 77.4 Å². The van der Waals surface area contributed by atoms with Gasteiger partial charge in [0.1, 0.15) is 23.2 Å². The standard InChI is InChI=1S/C24H38N2O4/c1-24(2,3)30-23(27)25-21-11-10-20(16-22(21)28-4)29-19-12-14-26(15-13-19)17-18-8-6-5-7-9-18/h10-11,16,18-19H,5-9,12-15,17H2,1-4H3,(H,25,27). The van der Waals surface area contributed by atoms with Crippen LogP contribution in [0.5, 0.6) is 11.5 Å². The summed E-state index contributed by atoms with van der Waals surface area (Å²) in [6.07, 6.45) is 8.86. The molecular formula is C24H38N2O4. The zero-order chi connectivity index (χ0) is 21.6. The number of benzene rings is 1. The maximum absolute atomic E-state index is 12.0. The number of ether oxygens (including phenoxy) is 3. The van der Waals surface area contributed by atoms with E-state index in [1.54, 1.807) is 13.2 Å². The van der Waals surface area contributed by atoms with Crippen molar-refractivity contribution in [3.05, 3.63) is 18.2 Å². The van der Waals surface area contributed by atoms with Gasteiger partial charge in [-0.3, -0.25) is 5.32 Å². The Balaban J connectivity index is 1.49. The number of hydrogen-bond acceptors (Lipinski definition) is 5. The van der Waals surface area contributed by atoms with Gasteiger partial charge in [0.15, 0.2) is 0 Å². The second-order valence-corrected chi connectivity index (χ2v) is 9.61. The molecule has 0 atom stereocenters. The molecule has 2 aliphatic rings. The van der Waals surface area contributed by atoms with Crippen LogP contribution < -0.4 is 14.8 Å². The van der Waals surface area contributed by atoms with E-state index >= 15 is 0 Å². The van der Waals surface area contributed by atoms with E-state index < -0.39 is 11.7 Å². The van der Waals surface area contributed by atoms with Crippen LogP contribution in [0.3, 0.4) is 0 Å². The van der Waals surface area contributed by atoms with Gasteiger partial charge in [0.2, 0.25) is 0 Å². The lowest BCUT2D eigenvalue weighted by Gasteiger charge is -2.35. The van der Waals surface area contributed by atoms with Crippen LogP contribution >= 0.6 is 0 Å². The first kappa shape index (κ1) is 22.7. The molecule has 0 bridgehead atoms. The van der Waals surface area contributed by atoms with E-state index in [0.29, 0.717) is 11.4 Å². The second kappa shape index (κ2) is 10.4. The summed E-state index contributed by atoms with van der Waals surface area (Å²) in [5, 5.41) is 2.74. The molecule has 0 spiro atoms. The Kier molecular flexibility index (Phi) is 7.87. The van der Waals surface area contributed by atoms with Crippen LogP contribution in [0.25, 0.3) is 0 Å². The Labute approximate surface area is 181 Å². The van der Waals surface area contributed by atoms with Crippen molar-refractivity contribution >= 4 is 11.8 Å². The summed E-state index contributed by atoms with van der Waals surface area (Å²) in [5.74, 6) is 2.23. The van der Waals surface area contributed by atoms with Crippen molar-refractivity contribution in [1.29, 1.82) is 0 Å². The van der Waals surface area contributed by atoms with E-state index in [1.807, 2.05) is 32.9 Å². The number of piperidine rings is 1. The van der Waals surface area contributed by atoms with Gasteiger partial charge in [0.05, 0.1) is 12.8 Å². The topological polar surface area (TPSA) is 60.0 Å². The SMILES string of the molecule is COc1cc(OC2CCN(CC3CCCCC3)CC2)ccc1NC(=O)OC(C)(C)C. The highest BCUT2D eigenvalue weighted by molar-refractivity contribution is 5.87. The van der Waals surface area contributed by atoms with Crippen LogP contribution in [0.15, 0.2) is 18.2 Å². The molecule has 0 radical (unpaired) electrons. The molecule has 1 heterocycles. The Bertz CT molecular complexity index is 687. The summed E-state index contributed by atoms with van der Waals surface area (Å²) < 4.78 is 17.0. The number of amides is 1. The number of hydrogen-bond donors (Lipinski definition) is 1. The fourth-order valence-electron chi connectivity index (χ4n) is 4.40. The molecule has 2 fully saturated rings. The second-order valence-electron chi connectivity index (χ2n) is 9.61. The molecule has 30 heavy (non-hydrogen) atoms. The van der Waals surface area contributed by atoms with Crippen molar-refractivity contribution in [2.24, 2.45) is 5.92 Å². The number of methoxy groups -OCH3 is 1. The number of rotatable bonds is 6. The van der Waals surface area contributed by atoms with Gasteiger partial charge in [-0.15, -0.1) is 0 Å². The van der Waals surface area contributed by atoms with Gasteiger partial charge >= 0.3 is 6.09 Å². The Hall–Kier alpha value is -1.95. The maximum atomic E-state index is 12.0. The first-order valence-corrected chi connectivity index (χ1v) is 11.4. The highest BCUT2D eigenvalue weighted by Gasteiger charge is 2.24. The molecule has 1 aromatic rings. The monoisotopic (exact) mass is 418 g/mol. The van der Waals surface area contributed by atoms with Gasteiger partial charge in [-0.05, 0) is 64.5 Å². The minimum Gasteiger partial charge on any atom is -0.494 e. The number of carbonyl (C=O) groups is 1. The number of likely N-dealkylation sites (tertiary alicyclic amines) is 1. The fraction of sp³-hybridized carbons (Fsp3) is 0.708. The lowest BCUT2D eigenvalue weighted by molar-refractivity contribution is 0.0635. The molecular weight excluding hydrogens is 380 g/mol. The number of anilines is 1. The zero-order valence-electron chi connectivity index (χ0n) is 19.0. The average molecular weight is 419 g/mol. The predicted molar refractivity (Wildman–Crippen MR) is 120 cm³/mol. The molecule has 6 heteroatoms. The summed E-state index contributed by atoms with van der Waals surface area (Å²) >= 11 is 0. The van der Waals surface area contributed by atoms with Crippen LogP contribution in [-0.4, -0.2) is 49.4 Å². The first-order valence-electron chi connectivity index (χ1n) is 11.4. The van der Waals surface area contributed by atoms with E-state index in [4.69, 9.17) is 14.2 Å². The minimum absolute atomic E-state index is 0.224. The van der Waals surface area contributed by atoms with Crippen LogP contribution in [-0.2, 0) is 4.74 Å². The van der Waals surface area contributed by atoms with E-state index in [-0.39, 0.29) is 6.10 Å². The van der Waals surface area contributed by atoms with E-state index in [2.05, 4.69) is 10.2 Å². The normalized spacial score (nSPS) is 19.3. The van der Waals surface area contributed by atoms with Crippen molar-refractivity contribution < 1.29 is 19.0 Å². The zero-order valence-corrected chi connectivity index (χ0v) is 19.0. The molecule has 1 aliphatic heterocycles. The molecule has 1 aliphatic carbocycles. The molecule has 168 valence electrons. The largest absolute Gasteiger partial charge is 0.494 e. The summed E-state index contributed by atoms with van der Waals surface area (Å²) in [5.41, 5.74) is 0.0214. The molecule has 1 saturated heterocycles. The van der Waals surface area contributed by atoms with Gasteiger partial charge < -0.3 is 19.1 Å². The predicted octanol–water partition coefficient (Wildman–Crippen LogP) is 5.47. The van der Waals surface area contributed by atoms with E-state index in [0.717, 1.165) is 37.6 Å². The summed E-state index contributed by atoms with van der Waals surface area (Å²) in [6, 6.07) is 5.51. The quantitative estimate of drug-likeness (QED) is 0.664. The number of nitrogens with zero attached hydrogens (tertiary/aromatic N) is 1. The van der Waals surface area contributed by atoms with Gasteiger partial charge in [-0.25, -0.2) is 4.79 Å². The third-order valence-electron chi connectivity index (χ3n) is 5.89. The van der Waals surface area contributed by atoms with Crippen LogP contribution in [0.1, 0.15) is 65.7 Å². The summed E-state index contributed by atoms with van der Waals surface area (Å²) in [6.45, 7) is 8.97. The van der Waals surface area contributed by atoms with Gasteiger partial charge in [-0.2, -0.15) is 0 Å². The highest BCUT2D eigenvalue weighted by atomic mass is 16.6. The van der Waals surface area contributed by atoms with Gasteiger partial charge in [0, 0.05) is 25.7 Å². The smallest absolute Gasteiger partial charge is 0.412 e. The Morgan fingerprint density at radius 2 is 1.80 bits per heavy atom. The minimum atomic E-state index is -0.549. The highest BCUT2D eigenvalue weighted by Crippen LogP contribution is 2.31. The van der Waals surface area contributed by atoms with Gasteiger partial charge in [-0.1, -0.05) is 19.3 Å². The lowest BCUT2D eigenvalue weighted by Crippen LogP contribution is -2.40. The maximum Gasteiger partial charge on any atom is 0.412 e. The molecule has 6 nitrogen and oxygen atoms in total. The molecule has 1 aromatic carbocycles. The lowest BCUT2D eigenvalue weighted by atomic mass is 9.88. The van der Waals surface area contributed by atoms with Crippen LogP contribution in [0.4, 0.5) is 10.5 Å². The summed E-state index contributed by atoms with van der Waals surface area (Å²) in [4.78, 5) is 14.7. The molecule has 0 unspecified atom stereocenters. The average Bonchev–Trinajstić information content (AvgIpc) is 2.70. The molecule has 1 N–H and O–H groups in total. The van der Waals surface area contributed by atoms with E-state index in [9.17, 15) is 4.79 Å². The van der Waals surface area contributed by atoms with Crippen molar-refractivity contribution in [3.8, 4) is 11.5 Å². The van der Waals surface area contributed by atoms with Crippen LogP contribution in [0.2, 0.25) is 0 Å². The Morgan fingerprint density at radius 3 is 2.43 bits per heavy atom. The van der Waals surface area contributed by atoms with Crippen molar-refractivity contribution in [1.82, 2.24) is 4.90 Å². The van der Waals surface area contributed by atoms with Gasteiger partial charge in [0.25, 0.3) is 0 Å².